The van der Waals surface area contributed by atoms with Crippen molar-refractivity contribution in [3.05, 3.63) is 39.5 Å². The monoisotopic (exact) mass is 306 g/mol. The highest BCUT2D eigenvalue weighted by Gasteiger charge is 2.12. The molecule has 0 bridgehead atoms. The molecule has 0 saturated carbocycles. The highest BCUT2D eigenvalue weighted by Crippen LogP contribution is 2.22. The van der Waals surface area contributed by atoms with Gasteiger partial charge in [0.1, 0.15) is 5.01 Å². The molecule has 0 unspecified atom stereocenters. The van der Waals surface area contributed by atoms with E-state index in [4.69, 9.17) is 4.52 Å². The minimum absolute atomic E-state index is 0.172. The topological polar surface area (TPSA) is 63.8 Å². The van der Waals surface area contributed by atoms with Gasteiger partial charge in [0, 0.05) is 11.1 Å². The zero-order chi connectivity index (χ0) is 13.9. The zero-order valence-corrected chi connectivity index (χ0v) is 12.8. The van der Waals surface area contributed by atoms with Crippen LogP contribution in [0, 0.1) is 6.92 Å². The largest absolute Gasteiger partial charge is 0.338 e. The second kappa shape index (κ2) is 5.82. The van der Waals surface area contributed by atoms with Gasteiger partial charge < -0.3 is 4.52 Å². The molecule has 1 N–H and O–H groups in total. The van der Waals surface area contributed by atoms with Gasteiger partial charge in [-0.15, -0.1) is 22.7 Å². The van der Waals surface area contributed by atoms with Crippen molar-refractivity contribution >= 4 is 22.7 Å². The van der Waals surface area contributed by atoms with Gasteiger partial charge in [-0.05, 0) is 25.3 Å². The van der Waals surface area contributed by atoms with Gasteiger partial charge in [0.2, 0.25) is 11.7 Å². The smallest absolute Gasteiger partial charge is 0.240 e. The summed E-state index contributed by atoms with van der Waals surface area (Å²) in [6, 6.07) is 4.13. The van der Waals surface area contributed by atoms with Crippen molar-refractivity contribution in [2.24, 2.45) is 0 Å². The highest BCUT2D eigenvalue weighted by molar-refractivity contribution is 7.13. The minimum Gasteiger partial charge on any atom is -0.338 e. The molecule has 3 aromatic heterocycles. The Bertz CT molecular complexity index is 674. The van der Waals surface area contributed by atoms with Crippen molar-refractivity contribution in [3.63, 3.8) is 0 Å². The van der Waals surface area contributed by atoms with Crippen LogP contribution in [-0.4, -0.2) is 15.1 Å². The van der Waals surface area contributed by atoms with Crippen LogP contribution in [0.5, 0.6) is 0 Å². The van der Waals surface area contributed by atoms with Crippen molar-refractivity contribution in [1.29, 1.82) is 0 Å². The van der Waals surface area contributed by atoms with E-state index in [1.54, 1.807) is 22.7 Å². The summed E-state index contributed by atoms with van der Waals surface area (Å²) in [5, 5.41) is 12.4. The fraction of sp³-hybridized carbons (Fsp3) is 0.308. The third-order valence-electron chi connectivity index (χ3n) is 2.78. The van der Waals surface area contributed by atoms with Crippen LogP contribution >= 0.6 is 22.7 Å². The van der Waals surface area contributed by atoms with Crippen molar-refractivity contribution < 1.29 is 4.52 Å². The Labute approximate surface area is 124 Å². The normalized spacial score (nSPS) is 12.7. The predicted molar refractivity (Wildman–Crippen MR) is 79.7 cm³/mol. The molecule has 0 fully saturated rings. The number of hydrogen-bond acceptors (Lipinski definition) is 7. The zero-order valence-electron chi connectivity index (χ0n) is 11.2. The van der Waals surface area contributed by atoms with Crippen LogP contribution in [0.15, 0.2) is 27.4 Å². The Morgan fingerprint density at radius 3 is 2.95 bits per heavy atom. The lowest BCUT2D eigenvalue weighted by atomic mass is 10.3. The molecule has 20 heavy (non-hydrogen) atoms. The molecule has 0 saturated heterocycles. The summed E-state index contributed by atoms with van der Waals surface area (Å²) >= 11 is 3.26. The van der Waals surface area contributed by atoms with Gasteiger partial charge in [-0.3, -0.25) is 5.32 Å². The van der Waals surface area contributed by atoms with E-state index in [0.29, 0.717) is 18.3 Å². The van der Waals surface area contributed by atoms with Gasteiger partial charge in [-0.2, -0.15) is 4.98 Å². The number of aryl methyl sites for hydroxylation is 1. The summed E-state index contributed by atoms with van der Waals surface area (Å²) in [6.07, 6.45) is 0. The number of rotatable bonds is 5. The molecule has 3 rings (SSSR count). The number of nitrogens with zero attached hydrogens (tertiary/aromatic N) is 3. The van der Waals surface area contributed by atoms with E-state index in [0.717, 1.165) is 15.6 Å². The molecule has 5 nitrogen and oxygen atoms in total. The standard InChI is InChI=1S/C13H14N4OS2/c1-8-7-20-13(15-8)9(2)14-6-11-16-12(17-18-11)10-4-3-5-19-10/h3-5,7,9,14H,6H2,1-2H3/t9-/m0/s1. The summed E-state index contributed by atoms with van der Waals surface area (Å²) in [4.78, 5) is 9.85. The first kappa shape index (κ1) is 13.4. The molecule has 104 valence electrons. The van der Waals surface area contributed by atoms with E-state index in [9.17, 15) is 0 Å². The molecule has 0 aliphatic rings. The molecule has 3 heterocycles. The lowest BCUT2D eigenvalue weighted by Gasteiger charge is -2.08. The Kier molecular flexibility index (Phi) is 3.90. The Morgan fingerprint density at radius 2 is 2.25 bits per heavy atom. The number of hydrogen-bond donors (Lipinski definition) is 1. The maximum atomic E-state index is 5.25. The second-order valence-corrected chi connectivity index (χ2v) is 6.26. The molecule has 0 spiro atoms. The fourth-order valence-electron chi connectivity index (χ4n) is 1.73. The van der Waals surface area contributed by atoms with Crippen molar-refractivity contribution in [2.75, 3.05) is 0 Å². The quantitative estimate of drug-likeness (QED) is 0.782. The third-order valence-corrected chi connectivity index (χ3v) is 4.79. The fourth-order valence-corrected chi connectivity index (χ4v) is 3.21. The van der Waals surface area contributed by atoms with Crippen LogP contribution in [0.4, 0.5) is 0 Å². The molecule has 0 aromatic carbocycles. The minimum atomic E-state index is 0.172. The van der Waals surface area contributed by atoms with Crippen LogP contribution in [0.25, 0.3) is 10.7 Å². The second-order valence-electron chi connectivity index (χ2n) is 4.42. The molecule has 7 heteroatoms. The van der Waals surface area contributed by atoms with Crippen LogP contribution < -0.4 is 5.32 Å². The molecule has 1 atom stereocenters. The van der Waals surface area contributed by atoms with E-state index in [2.05, 4.69) is 32.7 Å². The number of thiazole rings is 1. The van der Waals surface area contributed by atoms with E-state index < -0.39 is 0 Å². The predicted octanol–water partition coefficient (Wildman–Crippen LogP) is 3.41. The summed E-state index contributed by atoms with van der Waals surface area (Å²) in [5.74, 6) is 1.24. The Hall–Kier alpha value is -1.57. The van der Waals surface area contributed by atoms with Gasteiger partial charge in [-0.1, -0.05) is 11.2 Å². The van der Waals surface area contributed by atoms with Crippen LogP contribution in [-0.2, 0) is 6.54 Å². The lowest BCUT2D eigenvalue weighted by molar-refractivity contribution is 0.360. The van der Waals surface area contributed by atoms with Gasteiger partial charge in [-0.25, -0.2) is 4.98 Å². The Morgan fingerprint density at radius 1 is 1.35 bits per heavy atom. The average molecular weight is 306 g/mol. The van der Waals surface area contributed by atoms with E-state index in [1.165, 1.54) is 0 Å². The molecule has 0 aliphatic carbocycles. The summed E-state index contributed by atoms with van der Waals surface area (Å²) in [5.41, 5.74) is 1.05. The summed E-state index contributed by atoms with van der Waals surface area (Å²) < 4.78 is 5.25. The van der Waals surface area contributed by atoms with Gasteiger partial charge >= 0.3 is 0 Å². The first-order chi connectivity index (χ1) is 9.72. The molecule has 3 aromatic rings. The first-order valence-electron chi connectivity index (χ1n) is 6.24. The molecular weight excluding hydrogens is 292 g/mol. The molecule has 0 aliphatic heterocycles. The number of thiophene rings is 1. The van der Waals surface area contributed by atoms with E-state index >= 15 is 0 Å². The van der Waals surface area contributed by atoms with Crippen LogP contribution in [0.3, 0.4) is 0 Å². The average Bonchev–Trinajstić information content (AvgIpc) is 3.16. The van der Waals surface area contributed by atoms with Crippen LogP contribution in [0.2, 0.25) is 0 Å². The van der Waals surface area contributed by atoms with Gasteiger partial charge in [0.25, 0.3) is 0 Å². The Balaban J connectivity index is 1.61. The van der Waals surface area contributed by atoms with Crippen molar-refractivity contribution in [3.8, 4) is 10.7 Å². The lowest BCUT2D eigenvalue weighted by Crippen LogP contribution is -2.18. The molecular formula is C13H14N4OS2. The van der Waals surface area contributed by atoms with Crippen molar-refractivity contribution in [2.45, 2.75) is 26.4 Å². The maximum Gasteiger partial charge on any atom is 0.240 e. The van der Waals surface area contributed by atoms with Crippen molar-refractivity contribution in [1.82, 2.24) is 20.4 Å². The summed E-state index contributed by atoms with van der Waals surface area (Å²) in [7, 11) is 0. The van der Waals surface area contributed by atoms with E-state index in [-0.39, 0.29) is 6.04 Å². The third kappa shape index (κ3) is 2.95. The number of nitrogens with one attached hydrogen (secondary N) is 1. The van der Waals surface area contributed by atoms with Gasteiger partial charge in [0.15, 0.2) is 0 Å². The SMILES string of the molecule is Cc1csc([C@H](C)NCc2nc(-c3cccs3)no2)n1. The molecule has 0 radical (unpaired) electrons. The first-order valence-corrected chi connectivity index (χ1v) is 8.00. The highest BCUT2D eigenvalue weighted by atomic mass is 32.1. The maximum absolute atomic E-state index is 5.25. The van der Waals surface area contributed by atoms with Gasteiger partial charge in [0.05, 0.1) is 17.5 Å². The molecule has 0 amide bonds. The summed E-state index contributed by atoms with van der Waals surface area (Å²) in [6.45, 7) is 4.62. The number of aromatic nitrogens is 3. The van der Waals surface area contributed by atoms with Crippen LogP contribution in [0.1, 0.15) is 29.6 Å². The van der Waals surface area contributed by atoms with E-state index in [1.807, 2.05) is 24.4 Å².